The molecule has 0 aliphatic heterocycles. The second-order valence-electron chi connectivity index (χ2n) is 11.4. The van der Waals surface area contributed by atoms with E-state index in [9.17, 15) is 0 Å². The zero-order valence-electron chi connectivity index (χ0n) is 24.4. The lowest BCUT2D eigenvalue weighted by Gasteiger charge is -2.26. The molecule has 0 fully saturated rings. The van der Waals surface area contributed by atoms with Crippen LogP contribution in [0.5, 0.6) is 0 Å². The molecule has 8 rings (SSSR count). The summed E-state index contributed by atoms with van der Waals surface area (Å²) in [7, 11) is 0. The molecule has 208 valence electrons. The van der Waals surface area contributed by atoms with E-state index in [1.165, 1.54) is 55.6 Å². The summed E-state index contributed by atoms with van der Waals surface area (Å²) < 4.78 is 0. The van der Waals surface area contributed by atoms with Gasteiger partial charge in [-0.15, -0.1) is 0 Å². The Hall–Kier alpha value is -5.66. The molecular formula is C43H31N. The van der Waals surface area contributed by atoms with Gasteiger partial charge in [-0.25, -0.2) is 0 Å². The van der Waals surface area contributed by atoms with Crippen LogP contribution in [0.25, 0.3) is 44.5 Å². The largest absolute Gasteiger partial charge is 0.311 e. The Balaban J connectivity index is 1.11. The average Bonchev–Trinajstić information content (AvgIpc) is 3.48. The van der Waals surface area contributed by atoms with Gasteiger partial charge in [-0.2, -0.15) is 0 Å². The predicted molar refractivity (Wildman–Crippen MR) is 186 cm³/mol. The minimum atomic E-state index is 1.02. The van der Waals surface area contributed by atoms with Gasteiger partial charge in [0.2, 0.25) is 0 Å². The highest BCUT2D eigenvalue weighted by atomic mass is 15.1. The smallest absolute Gasteiger partial charge is 0.0462 e. The molecule has 0 unspecified atom stereocenters. The molecule has 7 aromatic carbocycles. The van der Waals surface area contributed by atoms with Crippen LogP contribution in [0.1, 0.15) is 11.1 Å². The van der Waals surface area contributed by atoms with E-state index in [0.29, 0.717) is 0 Å². The average molecular weight is 562 g/mol. The van der Waals surface area contributed by atoms with Crippen LogP contribution in [0.4, 0.5) is 17.1 Å². The van der Waals surface area contributed by atoms with Crippen molar-refractivity contribution < 1.29 is 0 Å². The van der Waals surface area contributed by atoms with Crippen LogP contribution in [0.3, 0.4) is 0 Å². The normalized spacial score (nSPS) is 11.5. The molecule has 0 atom stereocenters. The quantitative estimate of drug-likeness (QED) is 0.195. The molecule has 0 aromatic heterocycles. The minimum Gasteiger partial charge on any atom is -0.311 e. The lowest BCUT2D eigenvalue weighted by Crippen LogP contribution is -2.09. The first-order chi connectivity index (χ1) is 21.8. The van der Waals surface area contributed by atoms with Gasteiger partial charge in [-0.05, 0) is 111 Å². The van der Waals surface area contributed by atoms with Gasteiger partial charge in [-0.3, -0.25) is 0 Å². The zero-order chi connectivity index (χ0) is 29.3. The standard InChI is InChI=1S/C43H31N/c1-3-10-31(11-4-1)34-13-9-14-35(28-34)32-20-24-40(25-21-32)44(39-15-5-2-6-16-39)41-26-22-33(23-27-41)36-18-19-38-29-37-12-7-8-17-42(37)43(38)30-36/h1-28,30H,29H2. The van der Waals surface area contributed by atoms with Crippen molar-refractivity contribution in [3.8, 4) is 44.5 Å². The molecule has 0 amide bonds. The van der Waals surface area contributed by atoms with Gasteiger partial charge in [0, 0.05) is 17.1 Å². The molecule has 7 aromatic rings. The van der Waals surface area contributed by atoms with E-state index in [1.54, 1.807) is 0 Å². The van der Waals surface area contributed by atoms with E-state index in [-0.39, 0.29) is 0 Å². The number of nitrogens with zero attached hydrogens (tertiary/aromatic N) is 1. The van der Waals surface area contributed by atoms with Crippen molar-refractivity contribution >= 4 is 17.1 Å². The van der Waals surface area contributed by atoms with Gasteiger partial charge in [-0.1, -0.05) is 127 Å². The fraction of sp³-hybridized carbons (Fsp3) is 0.0233. The maximum Gasteiger partial charge on any atom is 0.0462 e. The van der Waals surface area contributed by atoms with E-state index in [0.717, 1.165) is 23.5 Å². The van der Waals surface area contributed by atoms with Crippen LogP contribution in [0.2, 0.25) is 0 Å². The van der Waals surface area contributed by atoms with Crippen LogP contribution in [-0.4, -0.2) is 0 Å². The van der Waals surface area contributed by atoms with Crippen LogP contribution in [-0.2, 0) is 6.42 Å². The van der Waals surface area contributed by atoms with Crippen molar-refractivity contribution in [3.63, 3.8) is 0 Å². The summed E-state index contributed by atoms with van der Waals surface area (Å²) >= 11 is 0. The predicted octanol–water partition coefficient (Wildman–Crippen LogP) is 11.7. The van der Waals surface area contributed by atoms with Gasteiger partial charge in [0.1, 0.15) is 0 Å². The molecule has 0 saturated heterocycles. The number of benzene rings is 7. The third kappa shape index (κ3) is 4.89. The van der Waals surface area contributed by atoms with Gasteiger partial charge in [0.25, 0.3) is 0 Å². The Morgan fingerprint density at radius 2 is 0.750 bits per heavy atom. The first kappa shape index (κ1) is 26.0. The Morgan fingerprint density at radius 3 is 1.41 bits per heavy atom. The van der Waals surface area contributed by atoms with Crippen molar-refractivity contribution in [3.05, 3.63) is 187 Å². The summed E-state index contributed by atoms with van der Waals surface area (Å²) in [4.78, 5) is 2.33. The number of anilines is 3. The van der Waals surface area contributed by atoms with Gasteiger partial charge in [0.05, 0.1) is 0 Å². The first-order valence-corrected chi connectivity index (χ1v) is 15.2. The molecule has 1 aliphatic carbocycles. The molecule has 0 N–H and O–H groups in total. The first-order valence-electron chi connectivity index (χ1n) is 15.2. The molecule has 0 heterocycles. The zero-order valence-corrected chi connectivity index (χ0v) is 24.4. The van der Waals surface area contributed by atoms with Gasteiger partial charge < -0.3 is 4.90 Å². The van der Waals surface area contributed by atoms with Gasteiger partial charge in [0.15, 0.2) is 0 Å². The second-order valence-corrected chi connectivity index (χ2v) is 11.4. The third-order valence-corrected chi connectivity index (χ3v) is 8.70. The van der Waals surface area contributed by atoms with E-state index in [4.69, 9.17) is 0 Å². The Bertz CT molecular complexity index is 2060. The molecular weight excluding hydrogens is 530 g/mol. The number of rotatable bonds is 6. The minimum absolute atomic E-state index is 1.02. The van der Waals surface area contributed by atoms with Crippen LogP contribution in [0.15, 0.2) is 176 Å². The fourth-order valence-corrected chi connectivity index (χ4v) is 6.44. The molecule has 0 bridgehead atoms. The molecule has 1 heteroatoms. The van der Waals surface area contributed by atoms with Crippen LogP contribution in [0, 0.1) is 0 Å². The Kier molecular flexibility index (Phi) is 6.62. The SMILES string of the molecule is c1ccc(-c2cccc(-c3ccc(N(c4ccccc4)c4ccc(-c5ccc6c(c5)-c5ccccc5C6)cc4)cc3)c2)cc1. The monoisotopic (exact) mass is 561 g/mol. The van der Waals surface area contributed by atoms with E-state index in [2.05, 4.69) is 181 Å². The number of hydrogen-bond donors (Lipinski definition) is 0. The highest BCUT2D eigenvalue weighted by Crippen LogP contribution is 2.40. The third-order valence-electron chi connectivity index (χ3n) is 8.70. The van der Waals surface area contributed by atoms with Crippen molar-refractivity contribution in [2.75, 3.05) is 4.90 Å². The number of fused-ring (bicyclic) bond motifs is 3. The van der Waals surface area contributed by atoms with E-state index < -0.39 is 0 Å². The molecule has 1 nitrogen and oxygen atoms in total. The molecule has 0 saturated carbocycles. The summed E-state index contributed by atoms with van der Waals surface area (Å²) in [5, 5.41) is 0. The molecule has 0 spiro atoms. The van der Waals surface area contributed by atoms with Crippen molar-refractivity contribution in [1.82, 2.24) is 0 Å². The summed E-state index contributed by atoms with van der Waals surface area (Å²) in [6.45, 7) is 0. The lowest BCUT2D eigenvalue weighted by atomic mass is 9.98. The summed E-state index contributed by atoms with van der Waals surface area (Å²) in [5.74, 6) is 0. The maximum absolute atomic E-state index is 2.36. The maximum atomic E-state index is 2.36. The Morgan fingerprint density at radius 1 is 0.295 bits per heavy atom. The van der Waals surface area contributed by atoms with Gasteiger partial charge >= 0.3 is 0 Å². The van der Waals surface area contributed by atoms with Crippen molar-refractivity contribution in [2.24, 2.45) is 0 Å². The highest BCUT2D eigenvalue weighted by Gasteiger charge is 2.19. The van der Waals surface area contributed by atoms with E-state index >= 15 is 0 Å². The summed E-state index contributed by atoms with van der Waals surface area (Å²) in [5.41, 5.74) is 16.3. The van der Waals surface area contributed by atoms with Crippen LogP contribution < -0.4 is 4.90 Å². The summed E-state index contributed by atoms with van der Waals surface area (Å²) in [6.07, 6.45) is 1.02. The lowest BCUT2D eigenvalue weighted by molar-refractivity contribution is 1.26. The fourth-order valence-electron chi connectivity index (χ4n) is 6.44. The van der Waals surface area contributed by atoms with Crippen molar-refractivity contribution in [1.29, 1.82) is 0 Å². The Labute approximate surface area is 259 Å². The van der Waals surface area contributed by atoms with Crippen LogP contribution >= 0.6 is 0 Å². The van der Waals surface area contributed by atoms with E-state index in [1.807, 2.05) is 0 Å². The number of hydrogen-bond acceptors (Lipinski definition) is 1. The summed E-state index contributed by atoms with van der Waals surface area (Å²) in [6, 6.07) is 63.5. The number of para-hydroxylation sites is 1. The second kappa shape index (κ2) is 11.2. The molecule has 44 heavy (non-hydrogen) atoms. The van der Waals surface area contributed by atoms with Crippen molar-refractivity contribution in [2.45, 2.75) is 6.42 Å². The highest BCUT2D eigenvalue weighted by molar-refractivity contribution is 5.83. The topological polar surface area (TPSA) is 3.24 Å². The molecule has 0 radical (unpaired) electrons. The molecule has 1 aliphatic rings.